The van der Waals surface area contributed by atoms with Crippen LogP contribution in [0.3, 0.4) is 0 Å². The first-order valence-electron chi connectivity index (χ1n) is 10.8. The number of halogens is 3. The van der Waals surface area contributed by atoms with Crippen LogP contribution >= 0.6 is 0 Å². The van der Waals surface area contributed by atoms with Crippen LogP contribution in [0.2, 0.25) is 0 Å². The predicted molar refractivity (Wildman–Crippen MR) is 130 cm³/mol. The molecule has 0 fully saturated rings. The Bertz CT molecular complexity index is 1750. The lowest BCUT2D eigenvalue weighted by Gasteiger charge is -2.15. The van der Waals surface area contributed by atoms with E-state index in [1.807, 2.05) is 0 Å². The summed E-state index contributed by atoms with van der Waals surface area (Å²) in [5.41, 5.74) is -1.06. The number of pyridine rings is 1. The summed E-state index contributed by atoms with van der Waals surface area (Å²) >= 11 is 0. The molecule has 2 heterocycles. The van der Waals surface area contributed by atoms with E-state index in [1.165, 1.54) is 25.3 Å². The second-order valence-electron chi connectivity index (χ2n) is 8.06. The third kappa shape index (κ3) is 3.84. The van der Waals surface area contributed by atoms with Gasteiger partial charge in [-0.1, -0.05) is 36.4 Å². The fourth-order valence-corrected chi connectivity index (χ4v) is 4.08. The van der Waals surface area contributed by atoms with Gasteiger partial charge in [-0.2, -0.15) is 13.2 Å². The number of aromatic hydroxyl groups is 1. The maximum absolute atomic E-state index is 13.3. The highest BCUT2D eigenvalue weighted by atomic mass is 19.4. The van der Waals surface area contributed by atoms with Gasteiger partial charge in [0.2, 0.25) is 5.88 Å². The highest BCUT2D eigenvalue weighted by Gasteiger charge is 2.31. The molecule has 0 atom stereocenters. The van der Waals surface area contributed by atoms with Gasteiger partial charge >= 0.3 is 6.18 Å². The van der Waals surface area contributed by atoms with Gasteiger partial charge in [0.1, 0.15) is 11.3 Å². The number of aromatic nitrogens is 1. The van der Waals surface area contributed by atoms with E-state index in [4.69, 9.17) is 4.42 Å². The molecule has 0 radical (unpaired) electrons. The molecule has 0 saturated heterocycles. The minimum Gasteiger partial charge on any atom is -0.494 e. The molecule has 6 nitrogen and oxygen atoms in total. The van der Waals surface area contributed by atoms with Crippen LogP contribution < -0.4 is 5.56 Å². The smallest absolute Gasteiger partial charge is 0.416 e. The zero-order chi connectivity index (χ0) is 25.6. The second-order valence-corrected chi connectivity index (χ2v) is 8.06. The topological polar surface area (TPSA) is 84.8 Å². The first-order chi connectivity index (χ1) is 17.2. The number of benzene rings is 3. The quantitative estimate of drug-likeness (QED) is 0.233. The van der Waals surface area contributed by atoms with Gasteiger partial charge in [0.25, 0.3) is 5.56 Å². The van der Waals surface area contributed by atoms with E-state index in [-0.39, 0.29) is 33.9 Å². The Labute approximate surface area is 201 Å². The molecular formula is C27H17F3N2O4. The molecule has 0 aliphatic rings. The minimum absolute atomic E-state index is 0.0162. The largest absolute Gasteiger partial charge is 0.494 e. The van der Waals surface area contributed by atoms with Crippen molar-refractivity contribution in [2.75, 3.05) is 0 Å². The Morgan fingerprint density at radius 2 is 1.64 bits per heavy atom. The van der Waals surface area contributed by atoms with Crippen LogP contribution in [0.5, 0.6) is 5.88 Å². The number of carbonyl (C=O) groups is 1. The Balaban J connectivity index is 1.77. The van der Waals surface area contributed by atoms with Gasteiger partial charge in [-0.3, -0.25) is 14.6 Å². The Morgan fingerprint density at radius 1 is 0.972 bits per heavy atom. The summed E-state index contributed by atoms with van der Waals surface area (Å²) in [7, 11) is 0. The van der Waals surface area contributed by atoms with Gasteiger partial charge in [0.15, 0.2) is 11.5 Å². The van der Waals surface area contributed by atoms with Crippen molar-refractivity contribution in [2.45, 2.75) is 13.1 Å². The maximum Gasteiger partial charge on any atom is 0.416 e. The first-order valence-corrected chi connectivity index (χ1v) is 10.8. The van der Waals surface area contributed by atoms with E-state index >= 15 is 0 Å². The molecule has 0 aliphatic carbocycles. The van der Waals surface area contributed by atoms with E-state index in [9.17, 15) is 27.9 Å². The molecule has 3 aromatic carbocycles. The van der Waals surface area contributed by atoms with E-state index in [1.54, 1.807) is 42.5 Å². The highest BCUT2D eigenvalue weighted by Crippen LogP contribution is 2.35. The highest BCUT2D eigenvalue weighted by molar-refractivity contribution is 6.08. The van der Waals surface area contributed by atoms with Crippen LogP contribution in [0, 0.1) is 0 Å². The summed E-state index contributed by atoms with van der Waals surface area (Å²) in [5, 5.41) is 12.2. The SMILES string of the molecule is CC(=O)c1oc2ccccc2c1N=Cc1c(O)n(-c2cccc(C(F)(F)F)c2)c(=O)c2ccccc12. The lowest BCUT2D eigenvalue weighted by Crippen LogP contribution is -2.20. The van der Waals surface area contributed by atoms with Crippen LogP contribution in [0.25, 0.3) is 27.4 Å². The van der Waals surface area contributed by atoms with Crippen LogP contribution in [-0.4, -0.2) is 21.7 Å². The molecule has 0 bridgehead atoms. The molecule has 5 rings (SSSR count). The van der Waals surface area contributed by atoms with Crippen molar-refractivity contribution in [1.82, 2.24) is 4.57 Å². The molecule has 0 amide bonds. The molecule has 0 aliphatic heterocycles. The monoisotopic (exact) mass is 490 g/mol. The van der Waals surface area contributed by atoms with Gasteiger partial charge in [-0.25, -0.2) is 4.57 Å². The molecule has 180 valence electrons. The third-order valence-corrected chi connectivity index (χ3v) is 5.75. The molecular weight excluding hydrogens is 473 g/mol. The summed E-state index contributed by atoms with van der Waals surface area (Å²) in [6.45, 7) is 1.33. The van der Waals surface area contributed by atoms with Crippen molar-refractivity contribution in [3.05, 3.63) is 100 Å². The van der Waals surface area contributed by atoms with Gasteiger partial charge in [0.05, 0.1) is 16.8 Å². The number of furan rings is 1. The average Bonchev–Trinajstić information content (AvgIpc) is 3.23. The number of ketones is 1. The molecule has 0 saturated carbocycles. The van der Waals surface area contributed by atoms with E-state index in [0.717, 1.165) is 22.8 Å². The molecule has 2 aromatic heterocycles. The van der Waals surface area contributed by atoms with Crippen LogP contribution in [-0.2, 0) is 6.18 Å². The van der Waals surface area contributed by atoms with Crippen molar-refractivity contribution in [1.29, 1.82) is 0 Å². The standard InChI is InChI=1S/C27H17F3N2O4/c1-15(33)24-23(20-11-4-5-12-22(20)36-24)31-14-21-18-9-2-3-10-19(18)25(34)32(26(21)35)17-8-6-7-16(13-17)27(28,29)30/h2-14,35H,1H3. The Kier molecular flexibility index (Phi) is 5.47. The minimum atomic E-state index is -4.64. The van der Waals surface area contributed by atoms with Crippen molar-refractivity contribution in [3.63, 3.8) is 0 Å². The van der Waals surface area contributed by atoms with Crippen molar-refractivity contribution in [2.24, 2.45) is 4.99 Å². The van der Waals surface area contributed by atoms with Gasteiger partial charge in [-0.05, 0) is 36.4 Å². The number of hydrogen-bond donors (Lipinski definition) is 1. The van der Waals surface area contributed by atoms with Gasteiger partial charge in [0, 0.05) is 29.3 Å². The van der Waals surface area contributed by atoms with Gasteiger partial charge in [-0.15, -0.1) is 0 Å². The molecule has 9 heteroatoms. The number of hydrogen-bond acceptors (Lipinski definition) is 5. The Morgan fingerprint density at radius 3 is 2.33 bits per heavy atom. The average molecular weight is 490 g/mol. The molecule has 0 spiro atoms. The van der Waals surface area contributed by atoms with Crippen molar-refractivity contribution >= 4 is 39.4 Å². The van der Waals surface area contributed by atoms with Crippen molar-refractivity contribution < 1.29 is 27.5 Å². The summed E-state index contributed by atoms with van der Waals surface area (Å²) < 4.78 is 46.4. The van der Waals surface area contributed by atoms with Crippen molar-refractivity contribution in [3.8, 4) is 11.6 Å². The fraction of sp³-hybridized carbons (Fsp3) is 0.0741. The number of fused-ring (bicyclic) bond motifs is 2. The van der Waals surface area contributed by atoms with E-state index < -0.39 is 23.2 Å². The Hall–Kier alpha value is -4.66. The number of Topliss-reactive ketones (excluding diaryl/α,β-unsaturated/α-hetero) is 1. The number of alkyl halides is 3. The van der Waals surface area contributed by atoms with Crippen LogP contribution in [0.15, 0.2) is 87.0 Å². The molecule has 5 aromatic rings. The molecule has 36 heavy (non-hydrogen) atoms. The zero-order valence-corrected chi connectivity index (χ0v) is 18.7. The number of carbonyl (C=O) groups excluding carboxylic acids is 1. The molecule has 0 unspecified atom stereocenters. The van der Waals surface area contributed by atoms with Crippen LogP contribution in [0.1, 0.15) is 28.6 Å². The zero-order valence-electron chi connectivity index (χ0n) is 18.7. The second kappa shape index (κ2) is 8.53. The lowest BCUT2D eigenvalue weighted by atomic mass is 10.1. The first kappa shape index (κ1) is 23.1. The summed E-state index contributed by atoms with van der Waals surface area (Å²) in [5.74, 6) is -0.942. The maximum atomic E-state index is 13.3. The summed E-state index contributed by atoms with van der Waals surface area (Å²) in [6.07, 6.45) is -3.37. The fourth-order valence-electron chi connectivity index (χ4n) is 4.08. The normalized spacial score (nSPS) is 12.1. The predicted octanol–water partition coefficient (Wildman–Crippen LogP) is 6.41. The van der Waals surface area contributed by atoms with E-state index in [0.29, 0.717) is 16.4 Å². The summed E-state index contributed by atoms with van der Waals surface area (Å²) in [6, 6.07) is 17.4. The van der Waals surface area contributed by atoms with E-state index in [2.05, 4.69) is 4.99 Å². The molecule has 1 N–H and O–H groups in total. The lowest BCUT2D eigenvalue weighted by molar-refractivity contribution is -0.137. The van der Waals surface area contributed by atoms with Crippen LogP contribution in [0.4, 0.5) is 18.9 Å². The number of nitrogens with zero attached hydrogens (tertiary/aromatic N) is 2. The van der Waals surface area contributed by atoms with Gasteiger partial charge < -0.3 is 9.52 Å². The third-order valence-electron chi connectivity index (χ3n) is 5.75. The number of para-hydroxylation sites is 1. The summed E-state index contributed by atoms with van der Waals surface area (Å²) in [4.78, 5) is 29.8. The number of aliphatic imine (C=N–C) groups is 1. The number of rotatable bonds is 4.